The van der Waals surface area contributed by atoms with Crippen LogP contribution < -0.4 is 11.1 Å². The second kappa shape index (κ2) is 7.11. The van der Waals surface area contributed by atoms with Gasteiger partial charge in [0.25, 0.3) is 0 Å². The number of rotatable bonds is 4. The van der Waals surface area contributed by atoms with E-state index < -0.39 is 0 Å². The number of amides is 1. The Morgan fingerprint density at radius 2 is 2.09 bits per heavy atom. The highest BCUT2D eigenvalue weighted by molar-refractivity contribution is 9.10. The number of carbonyl (C=O) groups excluding carboxylic acids is 1. The van der Waals surface area contributed by atoms with Gasteiger partial charge in [0.1, 0.15) is 0 Å². The highest BCUT2D eigenvalue weighted by atomic mass is 79.9. The van der Waals surface area contributed by atoms with Gasteiger partial charge in [0.2, 0.25) is 5.91 Å². The molecule has 1 aliphatic rings. The standard InChI is InChI=1S/C17H26BrN3O/c1-12(13-4-6-14(18)7-5-13)20-16(22)10-21-9-8-15(19)17(2,3)11-21/h4-7,12,15H,8-11,19H2,1-3H3,(H,20,22). The zero-order valence-corrected chi connectivity index (χ0v) is 15.2. The van der Waals surface area contributed by atoms with E-state index in [0.29, 0.717) is 6.54 Å². The quantitative estimate of drug-likeness (QED) is 0.859. The molecule has 0 aliphatic carbocycles. The van der Waals surface area contributed by atoms with Gasteiger partial charge < -0.3 is 11.1 Å². The summed E-state index contributed by atoms with van der Waals surface area (Å²) in [6.45, 7) is 8.56. The van der Waals surface area contributed by atoms with Crippen LogP contribution in [0.4, 0.5) is 0 Å². The average Bonchev–Trinajstić information content (AvgIpc) is 2.43. The number of nitrogens with zero attached hydrogens (tertiary/aromatic N) is 1. The summed E-state index contributed by atoms with van der Waals surface area (Å²) in [7, 11) is 0. The van der Waals surface area contributed by atoms with Crippen LogP contribution in [0, 0.1) is 5.41 Å². The molecular formula is C17H26BrN3O. The third-order valence-corrected chi connectivity index (χ3v) is 5.03. The largest absolute Gasteiger partial charge is 0.348 e. The van der Waals surface area contributed by atoms with Crippen molar-refractivity contribution in [3.63, 3.8) is 0 Å². The van der Waals surface area contributed by atoms with Crippen LogP contribution in [0.25, 0.3) is 0 Å². The summed E-state index contributed by atoms with van der Waals surface area (Å²) in [6, 6.07) is 8.27. The van der Waals surface area contributed by atoms with E-state index in [1.165, 1.54) is 0 Å². The average molecular weight is 368 g/mol. The number of nitrogens with one attached hydrogen (secondary N) is 1. The van der Waals surface area contributed by atoms with Crippen LogP contribution in [-0.2, 0) is 4.79 Å². The molecule has 1 amide bonds. The monoisotopic (exact) mass is 367 g/mol. The molecule has 4 nitrogen and oxygen atoms in total. The minimum Gasteiger partial charge on any atom is -0.348 e. The fraction of sp³-hybridized carbons (Fsp3) is 0.588. The minimum absolute atomic E-state index is 0.0145. The molecule has 1 saturated heterocycles. The van der Waals surface area contributed by atoms with Crippen molar-refractivity contribution in [2.75, 3.05) is 19.6 Å². The molecule has 1 aromatic carbocycles. The number of carbonyl (C=O) groups is 1. The lowest BCUT2D eigenvalue weighted by Gasteiger charge is -2.42. The number of piperidine rings is 1. The first-order valence-electron chi connectivity index (χ1n) is 7.81. The van der Waals surface area contributed by atoms with Gasteiger partial charge in [-0.15, -0.1) is 0 Å². The van der Waals surface area contributed by atoms with Crippen molar-refractivity contribution in [2.24, 2.45) is 11.1 Å². The third-order valence-electron chi connectivity index (χ3n) is 4.51. The highest BCUT2D eigenvalue weighted by Crippen LogP contribution is 2.27. The number of hydrogen-bond donors (Lipinski definition) is 2. The molecule has 1 fully saturated rings. The fourth-order valence-corrected chi connectivity index (χ4v) is 3.21. The Bertz CT molecular complexity index is 515. The lowest BCUT2D eigenvalue weighted by molar-refractivity contribution is -0.123. The van der Waals surface area contributed by atoms with Gasteiger partial charge >= 0.3 is 0 Å². The fourth-order valence-electron chi connectivity index (χ4n) is 2.94. The maximum Gasteiger partial charge on any atom is 0.234 e. The molecule has 1 aromatic rings. The van der Waals surface area contributed by atoms with Crippen LogP contribution >= 0.6 is 15.9 Å². The molecule has 1 heterocycles. The van der Waals surface area contributed by atoms with Gasteiger partial charge in [-0.05, 0) is 36.5 Å². The Labute approximate surface area is 141 Å². The van der Waals surface area contributed by atoms with Gasteiger partial charge in [-0.1, -0.05) is 41.9 Å². The van der Waals surface area contributed by atoms with E-state index in [9.17, 15) is 4.79 Å². The summed E-state index contributed by atoms with van der Waals surface area (Å²) in [5, 5.41) is 3.07. The van der Waals surface area contributed by atoms with E-state index in [1.807, 2.05) is 31.2 Å². The third kappa shape index (κ3) is 4.54. The predicted molar refractivity (Wildman–Crippen MR) is 93.5 cm³/mol. The van der Waals surface area contributed by atoms with Crippen LogP contribution in [0.15, 0.2) is 28.7 Å². The van der Waals surface area contributed by atoms with Crippen molar-refractivity contribution in [3.05, 3.63) is 34.3 Å². The second-order valence-corrected chi connectivity index (χ2v) is 7.85. The van der Waals surface area contributed by atoms with E-state index in [0.717, 1.165) is 29.5 Å². The molecule has 2 rings (SSSR count). The molecule has 0 aromatic heterocycles. The molecule has 0 bridgehead atoms. The first-order chi connectivity index (χ1) is 10.3. The molecule has 2 unspecified atom stereocenters. The normalized spacial score (nSPS) is 23.0. The maximum absolute atomic E-state index is 12.3. The van der Waals surface area contributed by atoms with Crippen LogP contribution in [0.5, 0.6) is 0 Å². The number of likely N-dealkylation sites (tertiary alicyclic amines) is 1. The Morgan fingerprint density at radius 1 is 1.45 bits per heavy atom. The molecular weight excluding hydrogens is 342 g/mol. The first-order valence-corrected chi connectivity index (χ1v) is 8.60. The summed E-state index contributed by atoms with van der Waals surface area (Å²) in [4.78, 5) is 14.5. The second-order valence-electron chi connectivity index (χ2n) is 6.94. The summed E-state index contributed by atoms with van der Waals surface area (Å²) >= 11 is 3.42. The van der Waals surface area contributed by atoms with E-state index in [4.69, 9.17) is 5.73 Å². The highest BCUT2D eigenvalue weighted by Gasteiger charge is 2.33. The predicted octanol–water partition coefficient (Wildman–Crippen LogP) is 2.69. The number of halogens is 1. The summed E-state index contributed by atoms with van der Waals surface area (Å²) < 4.78 is 1.04. The van der Waals surface area contributed by atoms with E-state index >= 15 is 0 Å². The van der Waals surface area contributed by atoms with Gasteiger partial charge in [-0.25, -0.2) is 0 Å². The Kier molecular flexibility index (Phi) is 5.64. The smallest absolute Gasteiger partial charge is 0.234 e. The molecule has 22 heavy (non-hydrogen) atoms. The zero-order chi connectivity index (χ0) is 16.3. The lowest BCUT2D eigenvalue weighted by atomic mass is 9.80. The Hall–Kier alpha value is -0.910. The SMILES string of the molecule is CC(NC(=O)CN1CCC(N)C(C)(C)C1)c1ccc(Br)cc1. The number of nitrogens with two attached hydrogens (primary N) is 1. The van der Waals surface area contributed by atoms with E-state index in [2.05, 4.69) is 40.0 Å². The zero-order valence-electron chi connectivity index (χ0n) is 13.6. The van der Waals surface area contributed by atoms with Gasteiger partial charge in [-0.3, -0.25) is 9.69 Å². The van der Waals surface area contributed by atoms with Gasteiger partial charge in [0.05, 0.1) is 12.6 Å². The van der Waals surface area contributed by atoms with Gasteiger partial charge in [-0.2, -0.15) is 0 Å². The number of benzene rings is 1. The van der Waals surface area contributed by atoms with Crippen molar-refractivity contribution < 1.29 is 4.79 Å². The molecule has 122 valence electrons. The minimum atomic E-state index is 0.0145. The van der Waals surface area contributed by atoms with Crippen LogP contribution in [0.2, 0.25) is 0 Å². The molecule has 5 heteroatoms. The lowest BCUT2D eigenvalue weighted by Crippen LogP contribution is -2.54. The van der Waals surface area contributed by atoms with Crippen molar-refractivity contribution in [2.45, 2.75) is 39.3 Å². The molecule has 2 atom stereocenters. The molecule has 1 aliphatic heterocycles. The van der Waals surface area contributed by atoms with Crippen molar-refractivity contribution in [3.8, 4) is 0 Å². The summed E-state index contributed by atoms with van der Waals surface area (Å²) in [5.74, 6) is 0.0710. The first kappa shape index (κ1) is 17.4. The molecule has 0 spiro atoms. The van der Waals surface area contributed by atoms with Gasteiger partial charge in [0.15, 0.2) is 0 Å². The number of hydrogen-bond acceptors (Lipinski definition) is 3. The molecule has 0 saturated carbocycles. The van der Waals surface area contributed by atoms with Crippen molar-refractivity contribution in [1.29, 1.82) is 0 Å². The van der Waals surface area contributed by atoms with Crippen LogP contribution in [-0.4, -0.2) is 36.5 Å². The molecule has 0 radical (unpaired) electrons. The summed E-state index contributed by atoms with van der Waals surface area (Å²) in [5.41, 5.74) is 7.32. The Balaban J connectivity index is 1.86. The maximum atomic E-state index is 12.3. The van der Waals surface area contributed by atoms with Crippen LogP contribution in [0.1, 0.15) is 38.8 Å². The van der Waals surface area contributed by atoms with Crippen molar-refractivity contribution >= 4 is 21.8 Å². The van der Waals surface area contributed by atoms with Gasteiger partial charge in [0, 0.05) is 23.6 Å². The summed E-state index contributed by atoms with van der Waals surface area (Å²) in [6.07, 6.45) is 0.947. The molecule has 3 N–H and O–H groups in total. The topological polar surface area (TPSA) is 58.4 Å². The van der Waals surface area contributed by atoms with Crippen LogP contribution in [0.3, 0.4) is 0 Å². The van der Waals surface area contributed by atoms with Crippen molar-refractivity contribution in [1.82, 2.24) is 10.2 Å². The Morgan fingerprint density at radius 3 is 2.68 bits per heavy atom. The van der Waals surface area contributed by atoms with E-state index in [-0.39, 0.29) is 23.4 Å². The van der Waals surface area contributed by atoms with E-state index in [1.54, 1.807) is 0 Å².